The molecule has 6 heterocycles. The van der Waals surface area contributed by atoms with Gasteiger partial charge in [-0.2, -0.15) is 0 Å². The maximum absolute atomic E-state index is 12.2. The third kappa shape index (κ3) is 4.36. The lowest BCUT2D eigenvalue weighted by molar-refractivity contribution is -0.124. The summed E-state index contributed by atoms with van der Waals surface area (Å²) in [5.41, 5.74) is 5.48. The predicted octanol–water partition coefficient (Wildman–Crippen LogP) is 2.85. The summed E-state index contributed by atoms with van der Waals surface area (Å²) in [6, 6.07) is 4.68. The van der Waals surface area contributed by atoms with Gasteiger partial charge in [0.05, 0.1) is 30.2 Å². The minimum absolute atomic E-state index is 0.0506. The molecule has 4 fully saturated rings. The van der Waals surface area contributed by atoms with Crippen LogP contribution in [0.5, 0.6) is 5.75 Å². The molecule has 198 valence electrons. The molecule has 2 aromatic heterocycles. The third-order valence-electron chi connectivity index (χ3n) is 8.51. The Kier molecular flexibility index (Phi) is 6.09. The number of ether oxygens (including phenoxy) is 2. The van der Waals surface area contributed by atoms with Gasteiger partial charge in [-0.15, -0.1) is 0 Å². The van der Waals surface area contributed by atoms with Gasteiger partial charge in [-0.25, -0.2) is 4.98 Å². The fourth-order valence-corrected chi connectivity index (χ4v) is 6.17. The smallest absolute Gasteiger partial charge is 0.298 e. The number of nitrogens with zero attached hydrogens (tertiary/aromatic N) is 5. The Labute approximate surface area is 223 Å². The molecule has 0 aromatic carbocycles. The normalized spacial score (nSPS) is 23.2. The van der Waals surface area contributed by atoms with Gasteiger partial charge in [0.15, 0.2) is 5.75 Å². The number of rotatable bonds is 4. The van der Waals surface area contributed by atoms with Crippen LogP contribution in [0.2, 0.25) is 0 Å². The molecule has 5 aliphatic rings. The molecule has 1 aliphatic carbocycles. The Morgan fingerprint density at radius 1 is 1.11 bits per heavy atom. The zero-order valence-electron chi connectivity index (χ0n) is 21.9. The number of likely N-dealkylation sites (tertiary alicyclic amines) is 2. The Balaban J connectivity index is 1.11. The molecule has 0 bridgehead atoms. The summed E-state index contributed by atoms with van der Waals surface area (Å²) in [4.78, 5) is 28.8. The van der Waals surface area contributed by atoms with Crippen LogP contribution >= 0.6 is 0 Å². The Bertz CT molecular complexity index is 1300. The van der Waals surface area contributed by atoms with Crippen molar-refractivity contribution in [1.29, 1.82) is 0 Å². The van der Waals surface area contributed by atoms with E-state index < -0.39 is 0 Å². The van der Waals surface area contributed by atoms with E-state index in [4.69, 9.17) is 19.4 Å². The molecule has 9 heteroatoms. The molecule has 0 spiro atoms. The highest BCUT2D eigenvalue weighted by Crippen LogP contribution is 2.49. The van der Waals surface area contributed by atoms with Crippen LogP contribution < -0.4 is 15.0 Å². The minimum atomic E-state index is -0.0506. The van der Waals surface area contributed by atoms with E-state index in [0.717, 1.165) is 93.1 Å². The number of morpholine rings is 1. The lowest BCUT2D eigenvalue weighted by atomic mass is 9.92. The highest BCUT2D eigenvalue weighted by Gasteiger charge is 2.40. The van der Waals surface area contributed by atoms with Crippen molar-refractivity contribution in [2.75, 3.05) is 62.7 Å². The van der Waals surface area contributed by atoms with Crippen molar-refractivity contribution in [3.05, 3.63) is 35.3 Å². The van der Waals surface area contributed by atoms with E-state index in [-0.39, 0.29) is 5.91 Å². The van der Waals surface area contributed by atoms with E-state index in [1.54, 1.807) is 6.92 Å². The minimum Gasteiger partial charge on any atom is -0.485 e. The Morgan fingerprint density at radius 2 is 1.95 bits per heavy atom. The maximum atomic E-state index is 12.2. The van der Waals surface area contributed by atoms with Crippen molar-refractivity contribution >= 4 is 23.1 Å². The van der Waals surface area contributed by atoms with Crippen molar-refractivity contribution < 1.29 is 14.3 Å². The quantitative estimate of drug-likeness (QED) is 0.624. The first kappa shape index (κ1) is 23.7. The van der Waals surface area contributed by atoms with E-state index in [1.807, 2.05) is 11.1 Å². The maximum Gasteiger partial charge on any atom is 0.298 e. The molecule has 1 amide bonds. The van der Waals surface area contributed by atoms with Crippen LogP contribution in [0.1, 0.15) is 55.0 Å². The molecule has 2 aromatic rings. The van der Waals surface area contributed by atoms with Crippen LogP contribution in [-0.4, -0.2) is 84.2 Å². The number of carbonyl (C=O) groups excluding carboxylic acids is 1. The summed E-state index contributed by atoms with van der Waals surface area (Å²) in [5, 5.41) is 3.64. The first-order chi connectivity index (χ1) is 18.7. The highest BCUT2D eigenvalue weighted by atomic mass is 16.5. The summed E-state index contributed by atoms with van der Waals surface area (Å²) in [6.07, 6.45) is 5.23. The molecule has 0 unspecified atom stereocenters. The zero-order chi connectivity index (χ0) is 25.6. The van der Waals surface area contributed by atoms with Gasteiger partial charge in [-0.3, -0.25) is 14.7 Å². The molecular formula is C29H34N6O3. The summed E-state index contributed by atoms with van der Waals surface area (Å²) < 4.78 is 12.1. The molecule has 3 saturated heterocycles. The average molecular weight is 515 g/mol. The lowest BCUT2D eigenvalue weighted by Gasteiger charge is -2.43. The largest absolute Gasteiger partial charge is 0.485 e. The second kappa shape index (κ2) is 9.75. The fourth-order valence-electron chi connectivity index (χ4n) is 6.17. The molecule has 1 saturated carbocycles. The monoisotopic (exact) mass is 514 g/mol. The van der Waals surface area contributed by atoms with Gasteiger partial charge in [0.25, 0.3) is 5.91 Å². The lowest BCUT2D eigenvalue weighted by Crippen LogP contribution is -2.52. The predicted molar refractivity (Wildman–Crippen MR) is 144 cm³/mol. The Morgan fingerprint density at radius 3 is 2.74 bits per heavy atom. The molecule has 9 nitrogen and oxygen atoms in total. The van der Waals surface area contributed by atoms with Crippen molar-refractivity contribution in [1.82, 2.24) is 19.8 Å². The van der Waals surface area contributed by atoms with E-state index in [9.17, 15) is 4.79 Å². The van der Waals surface area contributed by atoms with Gasteiger partial charge in [0.2, 0.25) is 0 Å². The van der Waals surface area contributed by atoms with Gasteiger partial charge in [-0.1, -0.05) is 5.92 Å². The van der Waals surface area contributed by atoms with E-state index in [0.29, 0.717) is 24.5 Å². The van der Waals surface area contributed by atoms with Crippen molar-refractivity contribution in [2.24, 2.45) is 0 Å². The SMILES string of the molecule is CC#CC(=O)N1CC[C@H](N2CC(c3cc4c(c(C5CC5)n3)OCc3c(N5CCOCC5)ccnc3N4)C2)C1. The van der Waals surface area contributed by atoms with Crippen LogP contribution in [0.15, 0.2) is 18.3 Å². The summed E-state index contributed by atoms with van der Waals surface area (Å²) in [7, 11) is 0. The van der Waals surface area contributed by atoms with Gasteiger partial charge in [0.1, 0.15) is 12.4 Å². The summed E-state index contributed by atoms with van der Waals surface area (Å²) in [5.74, 6) is 7.98. The van der Waals surface area contributed by atoms with Crippen LogP contribution in [-0.2, 0) is 16.1 Å². The van der Waals surface area contributed by atoms with Gasteiger partial charge < -0.3 is 24.6 Å². The Hall–Kier alpha value is -3.35. The standard InChI is InChI=1S/C29H34N6O3/c1-2-3-26(36)34-9-7-21(17-34)35-15-20(16-35)23-14-24-28(27(31-23)19-4-5-19)38-18-22-25(6-8-30-29(22)32-24)33-10-12-37-13-11-33/h6,8,14,19-21H,4-5,7,9-13,15-18H2,1H3,(H,30,32)/t21-/m0/s1. The third-order valence-corrected chi connectivity index (χ3v) is 8.51. The molecule has 1 N–H and O–H groups in total. The van der Waals surface area contributed by atoms with Crippen LogP contribution in [0, 0.1) is 11.8 Å². The zero-order valence-corrected chi connectivity index (χ0v) is 21.9. The topological polar surface area (TPSA) is 83.1 Å². The molecule has 0 radical (unpaired) electrons. The van der Waals surface area contributed by atoms with Crippen molar-refractivity contribution in [3.8, 4) is 17.6 Å². The number of amides is 1. The number of hydrogen-bond acceptors (Lipinski definition) is 8. The van der Waals surface area contributed by atoms with Crippen LogP contribution in [0.25, 0.3) is 0 Å². The first-order valence-electron chi connectivity index (χ1n) is 13.9. The van der Waals surface area contributed by atoms with E-state index in [2.05, 4.69) is 39.1 Å². The second-order valence-electron chi connectivity index (χ2n) is 11.0. The number of pyridine rings is 2. The fraction of sp³-hybridized carbons (Fsp3) is 0.552. The molecule has 7 rings (SSSR count). The van der Waals surface area contributed by atoms with Crippen LogP contribution in [0.3, 0.4) is 0 Å². The first-order valence-corrected chi connectivity index (χ1v) is 13.9. The van der Waals surface area contributed by atoms with Gasteiger partial charge >= 0.3 is 0 Å². The van der Waals surface area contributed by atoms with Crippen LogP contribution in [0.4, 0.5) is 17.2 Å². The van der Waals surface area contributed by atoms with Crippen molar-refractivity contribution in [3.63, 3.8) is 0 Å². The number of fused-ring (bicyclic) bond motifs is 2. The van der Waals surface area contributed by atoms with Gasteiger partial charge in [-0.05, 0) is 44.2 Å². The number of nitrogens with one attached hydrogen (secondary N) is 1. The molecule has 1 atom stereocenters. The summed E-state index contributed by atoms with van der Waals surface area (Å²) in [6.45, 7) is 8.93. The number of aromatic nitrogens is 2. The number of hydrogen-bond donors (Lipinski definition) is 1. The molecular weight excluding hydrogens is 480 g/mol. The number of anilines is 3. The van der Waals surface area contributed by atoms with E-state index in [1.165, 1.54) is 18.5 Å². The summed E-state index contributed by atoms with van der Waals surface area (Å²) >= 11 is 0. The van der Waals surface area contributed by atoms with Gasteiger partial charge in [0, 0.05) is 74.7 Å². The number of carbonyl (C=O) groups is 1. The molecule has 38 heavy (non-hydrogen) atoms. The average Bonchev–Trinajstić information content (AvgIpc) is 3.68. The molecule has 4 aliphatic heterocycles. The van der Waals surface area contributed by atoms with Crippen molar-refractivity contribution in [2.45, 2.75) is 50.7 Å². The highest BCUT2D eigenvalue weighted by molar-refractivity contribution is 5.93. The second-order valence-corrected chi connectivity index (χ2v) is 11.0. The van der Waals surface area contributed by atoms with E-state index >= 15 is 0 Å².